The summed E-state index contributed by atoms with van der Waals surface area (Å²) in [6.07, 6.45) is 6.65. The first-order chi connectivity index (χ1) is 6.42. The molecule has 1 nitrogen and oxygen atoms in total. The van der Waals surface area contributed by atoms with Crippen LogP contribution in [0.25, 0.3) is 17.0 Å². The maximum atomic E-state index is 5.29. The third kappa shape index (κ3) is 1.50. The third-order valence-corrected chi connectivity index (χ3v) is 1.99. The van der Waals surface area contributed by atoms with Crippen molar-refractivity contribution in [3.8, 4) is 0 Å². The second-order valence-electron chi connectivity index (χ2n) is 2.87. The molecule has 0 amide bonds. The number of hydrogen-bond donors (Lipinski definition) is 0. The fourth-order valence-corrected chi connectivity index (χ4v) is 1.37. The van der Waals surface area contributed by atoms with E-state index in [4.69, 9.17) is 4.42 Å². The molecule has 65 valence electrons. The monoisotopic (exact) mass is 171 g/mol. The molecule has 0 saturated carbocycles. The Morgan fingerprint density at radius 1 is 1.31 bits per heavy atom. The Balaban J connectivity index is 2.54. The molecule has 0 N–H and O–H groups in total. The summed E-state index contributed by atoms with van der Waals surface area (Å²) < 4.78 is 5.29. The Morgan fingerprint density at radius 2 is 2.23 bits per heavy atom. The molecule has 1 radical (unpaired) electrons. The predicted octanol–water partition coefficient (Wildman–Crippen LogP) is 3.67. The van der Waals surface area contributed by atoms with Gasteiger partial charge in [-0.25, -0.2) is 0 Å². The summed E-state index contributed by atoms with van der Waals surface area (Å²) in [4.78, 5) is 0. The molecular weight excluding hydrogens is 160 g/mol. The lowest BCUT2D eigenvalue weighted by Crippen LogP contribution is -1.72. The highest BCUT2D eigenvalue weighted by Crippen LogP contribution is 2.20. The fraction of sp³-hybridized carbons (Fsp3) is 0.0833. The lowest BCUT2D eigenvalue weighted by Gasteiger charge is -1.94. The molecule has 1 heteroatoms. The molecule has 1 heterocycles. The van der Waals surface area contributed by atoms with E-state index in [1.165, 1.54) is 5.56 Å². The van der Waals surface area contributed by atoms with E-state index in [1.807, 2.05) is 24.3 Å². The van der Waals surface area contributed by atoms with Crippen LogP contribution in [0.15, 0.2) is 41.0 Å². The summed E-state index contributed by atoms with van der Waals surface area (Å²) in [5, 5.41) is 1.16. The van der Waals surface area contributed by atoms with Gasteiger partial charge in [0.15, 0.2) is 0 Å². The van der Waals surface area contributed by atoms with Gasteiger partial charge in [-0.2, -0.15) is 0 Å². The van der Waals surface area contributed by atoms with Gasteiger partial charge in [0.2, 0.25) is 0 Å². The maximum absolute atomic E-state index is 5.29. The minimum Gasteiger partial charge on any atom is -0.464 e. The summed E-state index contributed by atoms with van der Waals surface area (Å²) in [7, 11) is 0. The summed E-state index contributed by atoms with van der Waals surface area (Å²) >= 11 is 0. The van der Waals surface area contributed by atoms with E-state index in [0.717, 1.165) is 17.4 Å². The molecule has 0 unspecified atom stereocenters. The highest BCUT2D eigenvalue weighted by atomic mass is 16.3. The Hall–Kier alpha value is -1.50. The van der Waals surface area contributed by atoms with E-state index < -0.39 is 0 Å². The number of hydrogen-bond acceptors (Lipinski definition) is 1. The lowest BCUT2D eigenvalue weighted by atomic mass is 10.1. The first kappa shape index (κ1) is 8.11. The molecule has 0 fully saturated rings. The molecule has 0 spiro atoms. The molecule has 1 aromatic heterocycles. The highest BCUT2D eigenvalue weighted by molar-refractivity contribution is 5.86. The average Bonchev–Trinajstić information content (AvgIpc) is 2.62. The molecule has 2 rings (SSSR count). The first-order valence-corrected chi connectivity index (χ1v) is 4.34. The Labute approximate surface area is 77.7 Å². The van der Waals surface area contributed by atoms with E-state index in [1.54, 1.807) is 6.26 Å². The summed E-state index contributed by atoms with van der Waals surface area (Å²) in [6.45, 7) is 3.76. The van der Waals surface area contributed by atoms with Gasteiger partial charge >= 0.3 is 0 Å². The molecule has 1 aromatic carbocycles. The van der Waals surface area contributed by atoms with Crippen molar-refractivity contribution >= 4 is 17.0 Å². The third-order valence-electron chi connectivity index (χ3n) is 1.99. The van der Waals surface area contributed by atoms with Crippen molar-refractivity contribution in [2.24, 2.45) is 0 Å². The Morgan fingerprint density at radius 3 is 3.08 bits per heavy atom. The van der Waals surface area contributed by atoms with Gasteiger partial charge in [-0.3, -0.25) is 0 Å². The average molecular weight is 171 g/mol. The molecular formula is C12H11O. The SMILES string of the molecule is [CH2]CC=Cc1cccc2occc12. The van der Waals surface area contributed by atoms with Gasteiger partial charge in [0.1, 0.15) is 5.58 Å². The van der Waals surface area contributed by atoms with Crippen molar-refractivity contribution in [1.82, 2.24) is 0 Å². The van der Waals surface area contributed by atoms with Crippen molar-refractivity contribution in [3.63, 3.8) is 0 Å². The smallest absolute Gasteiger partial charge is 0.134 e. The lowest BCUT2D eigenvalue weighted by molar-refractivity contribution is 0.616. The van der Waals surface area contributed by atoms with Crippen molar-refractivity contribution in [2.75, 3.05) is 0 Å². The van der Waals surface area contributed by atoms with Gasteiger partial charge < -0.3 is 4.42 Å². The largest absolute Gasteiger partial charge is 0.464 e. The molecule has 13 heavy (non-hydrogen) atoms. The maximum Gasteiger partial charge on any atom is 0.134 e. The standard InChI is InChI=1S/C12H11O/c1-2-3-5-10-6-4-7-12-11(10)8-9-13-12/h3-9H,1-2H2. The minimum atomic E-state index is 0.814. The van der Waals surface area contributed by atoms with E-state index in [-0.39, 0.29) is 0 Å². The van der Waals surface area contributed by atoms with Gasteiger partial charge in [-0.1, -0.05) is 24.3 Å². The number of rotatable bonds is 2. The quantitative estimate of drug-likeness (QED) is 0.671. The minimum absolute atomic E-state index is 0.814. The van der Waals surface area contributed by atoms with Crippen molar-refractivity contribution < 1.29 is 4.42 Å². The van der Waals surface area contributed by atoms with Crippen LogP contribution >= 0.6 is 0 Å². The summed E-state index contributed by atoms with van der Waals surface area (Å²) in [5.74, 6) is 0. The van der Waals surface area contributed by atoms with Gasteiger partial charge in [0.25, 0.3) is 0 Å². The molecule has 0 atom stereocenters. The zero-order valence-corrected chi connectivity index (χ0v) is 7.36. The highest BCUT2D eigenvalue weighted by Gasteiger charge is 1.98. The van der Waals surface area contributed by atoms with Gasteiger partial charge in [-0.15, -0.1) is 0 Å². The van der Waals surface area contributed by atoms with Crippen LogP contribution in [0.4, 0.5) is 0 Å². The van der Waals surface area contributed by atoms with Crippen LogP contribution in [0.2, 0.25) is 0 Å². The molecule has 0 aliphatic rings. The second-order valence-corrected chi connectivity index (χ2v) is 2.87. The zero-order chi connectivity index (χ0) is 9.10. The van der Waals surface area contributed by atoms with Gasteiger partial charge in [0, 0.05) is 5.39 Å². The van der Waals surface area contributed by atoms with Crippen molar-refractivity contribution in [3.05, 3.63) is 49.1 Å². The van der Waals surface area contributed by atoms with Crippen LogP contribution in [0.1, 0.15) is 12.0 Å². The molecule has 0 aliphatic heterocycles. The number of furan rings is 1. The van der Waals surface area contributed by atoms with Gasteiger partial charge in [0.05, 0.1) is 6.26 Å². The van der Waals surface area contributed by atoms with Crippen LogP contribution in [-0.4, -0.2) is 0 Å². The second kappa shape index (κ2) is 3.48. The fourth-order valence-electron chi connectivity index (χ4n) is 1.37. The van der Waals surface area contributed by atoms with Crippen molar-refractivity contribution in [1.29, 1.82) is 0 Å². The van der Waals surface area contributed by atoms with E-state index in [0.29, 0.717) is 0 Å². The summed E-state index contributed by atoms with van der Waals surface area (Å²) in [6, 6.07) is 8.02. The first-order valence-electron chi connectivity index (χ1n) is 4.34. The Kier molecular flexibility index (Phi) is 2.17. The van der Waals surface area contributed by atoms with Crippen LogP contribution < -0.4 is 0 Å². The van der Waals surface area contributed by atoms with E-state index in [9.17, 15) is 0 Å². The van der Waals surface area contributed by atoms with Gasteiger partial charge in [-0.05, 0) is 31.0 Å². The predicted molar refractivity (Wildman–Crippen MR) is 55.2 cm³/mol. The topological polar surface area (TPSA) is 13.1 Å². The molecule has 0 aliphatic carbocycles. The number of fused-ring (bicyclic) bond motifs is 1. The molecule has 2 aromatic rings. The molecule has 0 bridgehead atoms. The van der Waals surface area contributed by atoms with E-state index in [2.05, 4.69) is 19.1 Å². The van der Waals surface area contributed by atoms with Crippen LogP contribution in [0, 0.1) is 6.92 Å². The number of benzene rings is 1. The van der Waals surface area contributed by atoms with Crippen LogP contribution in [-0.2, 0) is 0 Å². The zero-order valence-electron chi connectivity index (χ0n) is 7.36. The number of allylic oxidation sites excluding steroid dienone is 1. The van der Waals surface area contributed by atoms with Crippen molar-refractivity contribution in [2.45, 2.75) is 6.42 Å². The summed E-state index contributed by atoms with van der Waals surface area (Å²) in [5.41, 5.74) is 2.13. The normalized spacial score (nSPS) is 11.5. The Bertz CT molecular complexity index is 423. The van der Waals surface area contributed by atoms with E-state index >= 15 is 0 Å². The molecule has 0 saturated heterocycles. The van der Waals surface area contributed by atoms with Crippen LogP contribution in [0.5, 0.6) is 0 Å². The van der Waals surface area contributed by atoms with Crippen LogP contribution in [0.3, 0.4) is 0 Å².